The van der Waals surface area contributed by atoms with Crippen molar-refractivity contribution >= 4 is 23.2 Å². The van der Waals surface area contributed by atoms with Crippen LogP contribution in [0, 0.1) is 5.92 Å². The van der Waals surface area contributed by atoms with Gasteiger partial charge in [-0.25, -0.2) is 9.78 Å². The summed E-state index contributed by atoms with van der Waals surface area (Å²) in [5.74, 6) is 0.335. The number of rotatable bonds is 6. The lowest BCUT2D eigenvalue weighted by Gasteiger charge is -2.12. The molecule has 1 aromatic carbocycles. The van der Waals surface area contributed by atoms with Crippen LogP contribution >= 0.6 is 11.3 Å². The molecular formula is C17H16N2O5S. The van der Waals surface area contributed by atoms with Crippen LogP contribution < -0.4 is 14.8 Å². The lowest BCUT2D eigenvalue weighted by molar-refractivity contribution is -0.139. The number of thiazole rings is 1. The zero-order valence-electron chi connectivity index (χ0n) is 13.2. The standard InChI is InChI=1S/C17H16N2O5S/c20-15(19-11(17(21)22)5-9-1-2-9)14-7-18-16(25-14)10-3-4-12-13(6-10)24-8-23-12/h3-4,6-7,9,11H,1-2,5,8H2,(H,19,20)(H,21,22). The number of nitrogens with one attached hydrogen (secondary N) is 1. The summed E-state index contributed by atoms with van der Waals surface area (Å²) < 4.78 is 10.6. The number of amides is 1. The van der Waals surface area contributed by atoms with E-state index in [1.807, 2.05) is 12.1 Å². The molecule has 2 N–H and O–H groups in total. The van der Waals surface area contributed by atoms with E-state index in [1.54, 1.807) is 6.07 Å². The van der Waals surface area contributed by atoms with E-state index >= 15 is 0 Å². The molecule has 7 nitrogen and oxygen atoms in total. The lowest BCUT2D eigenvalue weighted by Crippen LogP contribution is -2.40. The van der Waals surface area contributed by atoms with Gasteiger partial charge in [-0.15, -0.1) is 11.3 Å². The fourth-order valence-corrected chi connectivity index (χ4v) is 3.50. The molecule has 1 aliphatic heterocycles. The van der Waals surface area contributed by atoms with Crippen molar-refractivity contribution in [2.75, 3.05) is 6.79 Å². The molecule has 2 aliphatic rings. The van der Waals surface area contributed by atoms with Crippen molar-refractivity contribution in [3.63, 3.8) is 0 Å². The van der Waals surface area contributed by atoms with Crippen LogP contribution in [0.15, 0.2) is 24.4 Å². The fourth-order valence-electron chi connectivity index (χ4n) is 2.68. The van der Waals surface area contributed by atoms with Crippen molar-refractivity contribution in [2.24, 2.45) is 5.92 Å². The minimum atomic E-state index is -0.999. The fraction of sp³-hybridized carbons (Fsp3) is 0.353. The summed E-state index contributed by atoms with van der Waals surface area (Å²) in [5, 5.41) is 12.5. The van der Waals surface area contributed by atoms with Crippen molar-refractivity contribution in [3.8, 4) is 22.1 Å². The summed E-state index contributed by atoms with van der Waals surface area (Å²) in [4.78, 5) is 28.3. The highest BCUT2D eigenvalue weighted by atomic mass is 32.1. The Hall–Kier alpha value is -2.61. The van der Waals surface area contributed by atoms with Crippen LogP contribution in [0.1, 0.15) is 28.9 Å². The summed E-state index contributed by atoms with van der Waals surface area (Å²) in [7, 11) is 0. The molecule has 8 heteroatoms. The van der Waals surface area contributed by atoms with E-state index < -0.39 is 17.9 Å². The van der Waals surface area contributed by atoms with E-state index in [1.165, 1.54) is 17.5 Å². The second kappa shape index (κ2) is 6.36. The number of fused-ring (bicyclic) bond motifs is 1. The van der Waals surface area contributed by atoms with Crippen LogP contribution in [0.2, 0.25) is 0 Å². The first-order chi connectivity index (χ1) is 12.1. The summed E-state index contributed by atoms with van der Waals surface area (Å²) in [5.41, 5.74) is 0.820. The molecule has 1 amide bonds. The van der Waals surface area contributed by atoms with Crippen molar-refractivity contribution in [1.29, 1.82) is 0 Å². The van der Waals surface area contributed by atoms with E-state index in [9.17, 15) is 14.7 Å². The first-order valence-electron chi connectivity index (χ1n) is 7.99. The predicted octanol–water partition coefficient (Wildman–Crippen LogP) is 2.52. The number of carbonyl (C=O) groups is 2. The number of carbonyl (C=O) groups excluding carboxylic acids is 1. The van der Waals surface area contributed by atoms with E-state index in [-0.39, 0.29) is 6.79 Å². The van der Waals surface area contributed by atoms with Crippen molar-refractivity contribution < 1.29 is 24.2 Å². The maximum absolute atomic E-state index is 12.3. The number of hydrogen-bond donors (Lipinski definition) is 2. The second-order valence-corrected chi connectivity index (χ2v) is 7.17. The third-order valence-corrected chi connectivity index (χ3v) is 5.26. The first-order valence-corrected chi connectivity index (χ1v) is 8.81. The van der Waals surface area contributed by atoms with E-state index in [4.69, 9.17) is 9.47 Å². The molecule has 0 saturated heterocycles. The van der Waals surface area contributed by atoms with Gasteiger partial charge in [0.05, 0.1) is 6.20 Å². The third-order valence-electron chi connectivity index (χ3n) is 4.22. The van der Waals surface area contributed by atoms with Gasteiger partial charge in [0, 0.05) is 5.56 Å². The van der Waals surface area contributed by atoms with Gasteiger partial charge in [0.25, 0.3) is 5.91 Å². The summed E-state index contributed by atoms with van der Waals surface area (Å²) in [6.45, 7) is 0.196. The number of ether oxygens (including phenoxy) is 2. The van der Waals surface area contributed by atoms with Crippen LogP contribution in [0.4, 0.5) is 0 Å². The molecule has 1 aliphatic carbocycles. The van der Waals surface area contributed by atoms with Crippen molar-refractivity contribution in [3.05, 3.63) is 29.3 Å². The Balaban J connectivity index is 1.48. The maximum Gasteiger partial charge on any atom is 0.326 e. The number of carboxylic acid groups (broad SMARTS) is 1. The van der Waals surface area contributed by atoms with E-state index in [0.29, 0.717) is 33.7 Å². The van der Waals surface area contributed by atoms with Crippen LogP contribution in [-0.2, 0) is 4.79 Å². The largest absolute Gasteiger partial charge is 0.480 e. The number of benzene rings is 1. The molecule has 1 unspecified atom stereocenters. The highest BCUT2D eigenvalue weighted by Crippen LogP contribution is 2.37. The molecule has 0 bridgehead atoms. The zero-order chi connectivity index (χ0) is 17.4. The number of aromatic nitrogens is 1. The molecular weight excluding hydrogens is 344 g/mol. The Labute approximate surface area is 147 Å². The average molecular weight is 360 g/mol. The predicted molar refractivity (Wildman–Crippen MR) is 89.9 cm³/mol. The van der Waals surface area contributed by atoms with Gasteiger partial charge in [0.1, 0.15) is 15.9 Å². The lowest BCUT2D eigenvalue weighted by atomic mass is 10.1. The van der Waals surface area contributed by atoms with Gasteiger partial charge in [0.2, 0.25) is 6.79 Å². The third kappa shape index (κ3) is 3.43. The van der Waals surface area contributed by atoms with Gasteiger partial charge >= 0.3 is 5.97 Å². The Bertz CT molecular complexity index is 830. The quantitative estimate of drug-likeness (QED) is 0.821. The smallest absolute Gasteiger partial charge is 0.326 e. The minimum absolute atomic E-state index is 0.196. The molecule has 1 atom stereocenters. The summed E-state index contributed by atoms with van der Waals surface area (Å²) in [6.07, 6.45) is 4.02. The average Bonchev–Trinajstić information content (AvgIpc) is 3.11. The number of hydrogen-bond acceptors (Lipinski definition) is 6. The molecule has 0 radical (unpaired) electrons. The SMILES string of the molecule is O=C(NC(CC1CC1)C(=O)O)c1cnc(-c2ccc3c(c2)OCO3)s1. The van der Waals surface area contributed by atoms with E-state index in [2.05, 4.69) is 10.3 Å². The van der Waals surface area contributed by atoms with Gasteiger partial charge in [-0.05, 0) is 30.5 Å². The molecule has 1 aromatic heterocycles. The van der Waals surface area contributed by atoms with Gasteiger partial charge in [-0.1, -0.05) is 12.8 Å². The topological polar surface area (TPSA) is 97.8 Å². The molecule has 4 rings (SSSR count). The maximum atomic E-state index is 12.3. The summed E-state index contributed by atoms with van der Waals surface area (Å²) in [6, 6.07) is 4.61. The molecule has 1 saturated carbocycles. The zero-order valence-corrected chi connectivity index (χ0v) is 14.0. The number of nitrogens with zero attached hydrogens (tertiary/aromatic N) is 1. The van der Waals surface area contributed by atoms with Gasteiger partial charge in [-0.2, -0.15) is 0 Å². The molecule has 0 spiro atoms. The van der Waals surface area contributed by atoms with Gasteiger partial charge in [0.15, 0.2) is 11.5 Å². The molecule has 1 fully saturated rings. The number of aliphatic carboxylic acids is 1. The summed E-state index contributed by atoms with van der Waals surface area (Å²) >= 11 is 1.22. The Morgan fingerprint density at radius 2 is 2.12 bits per heavy atom. The molecule has 2 aromatic rings. The highest BCUT2D eigenvalue weighted by molar-refractivity contribution is 7.16. The second-order valence-electron chi connectivity index (χ2n) is 6.14. The Morgan fingerprint density at radius 1 is 1.32 bits per heavy atom. The molecule has 25 heavy (non-hydrogen) atoms. The Morgan fingerprint density at radius 3 is 2.88 bits per heavy atom. The first kappa shape index (κ1) is 15.9. The van der Waals surface area contributed by atoms with Crippen LogP contribution in [-0.4, -0.2) is 34.8 Å². The van der Waals surface area contributed by atoms with Gasteiger partial charge < -0.3 is 19.9 Å². The van der Waals surface area contributed by atoms with Crippen LogP contribution in [0.3, 0.4) is 0 Å². The normalized spacial score (nSPS) is 16.5. The number of carboxylic acids is 1. The van der Waals surface area contributed by atoms with Gasteiger partial charge in [-0.3, -0.25) is 4.79 Å². The van der Waals surface area contributed by atoms with Crippen LogP contribution in [0.25, 0.3) is 10.6 Å². The van der Waals surface area contributed by atoms with Crippen molar-refractivity contribution in [1.82, 2.24) is 10.3 Å². The van der Waals surface area contributed by atoms with Crippen molar-refractivity contribution in [2.45, 2.75) is 25.3 Å². The molecule has 130 valence electrons. The minimum Gasteiger partial charge on any atom is -0.480 e. The van der Waals surface area contributed by atoms with E-state index in [0.717, 1.165) is 18.4 Å². The Kier molecular flexibility index (Phi) is 4.04. The monoisotopic (exact) mass is 360 g/mol. The van der Waals surface area contributed by atoms with Crippen LogP contribution in [0.5, 0.6) is 11.5 Å². The highest BCUT2D eigenvalue weighted by Gasteiger charge is 2.30. The molecule has 2 heterocycles.